The van der Waals surface area contributed by atoms with Gasteiger partial charge in [-0.3, -0.25) is 9.59 Å². The van der Waals surface area contributed by atoms with Crippen molar-refractivity contribution in [2.75, 3.05) is 4.90 Å². The number of ether oxygens (including phenoxy) is 1. The van der Waals surface area contributed by atoms with Gasteiger partial charge in [0.05, 0.1) is 18.2 Å². The predicted molar refractivity (Wildman–Crippen MR) is 135 cm³/mol. The molecule has 0 aliphatic carbocycles. The number of nitriles is 2. The summed E-state index contributed by atoms with van der Waals surface area (Å²) < 4.78 is 5.24. The summed E-state index contributed by atoms with van der Waals surface area (Å²) in [6.07, 6.45) is 3.59. The lowest BCUT2D eigenvalue weighted by Gasteiger charge is -2.35. The topological polar surface area (TPSA) is 94.2 Å². The van der Waals surface area contributed by atoms with Gasteiger partial charge in [-0.25, -0.2) is 0 Å². The highest BCUT2D eigenvalue weighted by Crippen LogP contribution is 2.55. The SMILES string of the molecule is CC(=O)Oc1ccc2c(c1)C=C[C@@H]1N2[C@@H](C(=O)c2ccccc2)[C@@H](c2ccc(Cl)cc2)C1(C#N)C#N. The number of Topliss-reactive ketones (excluding diaryl/α,β-unsaturated/α-hetero) is 1. The summed E-state index contributed by atoms with van der Waals surface area (Å²) in [4.78, 5) is 27.5. The molecule has 3 aromatic carbocycles. The number of nitrogens with zero attached hydrogens (tertiary/aromatic N) is 3. The first-order valence-corrected chi connectivity index (χ1v) is 11.7. The number of hydrogen-bond donors (Lipinski definition) is 0. The Balaban J connectivity index is 1.74. The molecule has 176 valence electrons. The Hall–Kier alpha value is -4.39. The number of carbonyl (C=O) groups is 2. The van der Waals surface area contributed by atoms with Crippen LogP contribution in [0.15, 0.2) is 78.9 Å². The molecule has 0 spiro atoms. The van der Waals surface area contributed by atoms with Gasteiger partial charge in [0.1, 0.15) is 11.8 Å². The van der Waals surface area contributed by atoms with Gasteiger partial charge in [-0.15, -0.1) is 0 Å². The molecule has 2 aliphatic rings. The van der Waals surface area contributed by atoms with Crippen molar-refractivity contribution in [1.29, 1.82) is 10.5 Å². The van der Waals surface area contributed by atoms with E-state index >= 15 is 0 Å². The highest BCUT2D eigenvalue weighted by atomic mass is 35.5. The number of carbonyl (C=O) groups excluding carboxylic acids is 2. The minimum absolute atomic E-state index is 0.196. The van der Waals surface area contributed by atoms with Crippen molar-refractivity contribution in [3.05, 3.63) is 101 Å². The maximum Gasteiger partial charge on any atom is 0.308 e. The van der Waals surface area contributed by atoms with Gasteiger partial charge in [-0.2, -0.15) is 10.5 Å². The minimum atomic E-state index is -1.55. The number of benzene rings is 3. The van der Waals surface area contributed by atoms with Crippen molar-refractivity contribution in [2.45, 2.75) is 24.9 Å². The highest BCUT2D eigenvalue weighted by molar-refractivity contribution is 6.30. The van der Waals surface area contributed by atoms with E-state index in [9.17, 15) is 20.1 Å². The average molecular weight is 494 g/mol. The minimum Gasteiger partial charge on any atom is -0.427 e. The molecule has 0 aromatic heterocycles. The van der Waals surface area contributed by atoms with E-state index in [-0.39, 0.29) is 5.78 Å². The highest BCUT2D eigenvalue weighted by Gasteiger charge is 2.63. The molecule has 36 heavy (non-hydrogen) atoms. The van der Waals surface area contributed by atoms with Gasteiger partial charge in [0, 0.05) is 34.7 Å². The number of hydrogen-bond acceptors (Lipinski definition) is 6. The summed E-state index contributed by atoms with van der Waals surface area (Å²) >= 11 is 6.14. The van der Waals surface area contributed by atoms with Crippen LogP contribution in [0.5, 0.6) is 5.75 Å². The molecule has 0 saturated carbocycles. The zero-order chi connectivity index (χ0) is 25.4. The quantitative estimate of drug-likeness (QED) is 0.269. The molecule has 3 atom stereocenters. The van der Waals surface area contributed by atoms with Crippen LogP contribution in [0.3, 0.4) is 0 Å². The van der Waals surface area contributed by atoms with Gasteiger partial charge in [0.15, 0.2) is 11.2 Å². The van der Waals surface area contributed by atoms with Gasteiger partial charge in [0.25, 0.3) is 0 Å². The molecule has 2 aliphatic heterocycles. The predicted octanol–water partition coefficient (Wildman–Crippen LogP) is 5.55. The first-order chi connectivity index (χ1) is 17.4. The molecular weight excluding hydrogens is 474 g/mol. The maximum atomic E-state index is 14.1. The fourth-order valence-corrected chi connectivity index (χ4v) is 5.44. The van der Waals surface area contributed by atoms with Crippen LogP contribution in [0.1, 0.15) is 34.3 Å². The van der Waals surface area contributed by atoms with E-state index < -0.39 is 29.4 Å². The van der Waals surface area contributed by atoms with E-state index in [1.165, 1.54) is 6.92 Å². The van der Waals surface area contributed by atoms with Gasteiger partial charge in [-0.05, 0) is 35.9 Å². The Morgan fingerprint density at radius 3 is 2.33 bits per heavy atom. The lowest BCUT2D eigenvalue weighted by atomic mass is 9.69. The van der Waals surface area contributed by atoms with Crippen LogP contribution in [0.4, 0.5) is 5.69 Å². The molecule has 2 heterocycles. The zero-order valence-corrected chi connectivity index (χ0v) is 20.0. The second kappa shape index (κ2) is 9.00. The molecule has 6 nitrogen and oxygen atoms in total. The lowest BCUT2D eigenvalue weighted by molar-refractivity contribution is -0.131. The summed E-state index contributed by atoms with van der Waals surface area (Å²) in [6.45, 7) is 1.32. The van der Waals surface area contributed by atoms with Crippen LogP contribution in [-0.2, 0) is 4.79 Å². The molecule has 3 aromatic rings. The number of ketones is 1. The third kappa shape index (κ3) is 3.64. The van der Waals surface area contributed by atoms with Crippen molar-refractivity contribution in [1.82, 2.24) is 0 Å². The van der Waals surface area contributed by atoms with E-state index in [0.717, 1.165) is 5.56 Å². The molecule has 7 heteroatoms. The largest absolute Gasteiger partial charge is 0.427 e. The molecule has 0 amide bonds. The standard InChI is InChI=1S/C29H20ClN3O3/c1-18(34)36-23-12-13-24-21(15-23)9-14-25-29(16-31,17-32)26(19-7-10-22(30)11-8-19)27(33(24)25)28(35)20-5-3-2-4-6-20/h2-15,25-27H,1H3/t25-,26+,27+/m0/s1. The van der Waals surface area contributed by atoms with Crippen LogP contribution < -0.4 is 9.64 Å². The van der Waals surface area contributed by atoms with E-state index in [0.29, 0.717) is 27.6 Å². The molecule has 5 rings (SSSR count). The van der Waals surface area contributed by atoms with Gasteiger partial charge in [-0.1, -0.05) is 66.2 Å². The van der Waals surface area contributed by atoms with Gasteiger partial charge in [0.2, 0.25) is 0 Å². The first kappa shape index (κ1) is 23.4. The zero-order valence-electron chi connectivity index (χ0n) is 19.3. The summed E-state index contributed by atoms with van der Waals surface area (Å²) in [5, 5.41) is 21.5. The third-order valence-corrected chi connectivity index (χ3v) is 7.05. The number of halogens is 1. The summed E-state index contributed by atoms with van der Waals surface area (Å²) in [6, 6.07) is 24.0. The van der Waals surface area contributed by atoms with Crippen LogP contribution in [0.2, 0.25) is 5.02 Å². The van der Waals surface area contributed by atoms with Crippen LogP contribution in [-0.4, -0.2) is 23.8 Å². The van der Waals surface area contributed by atoms with E-state index in [2.05, 4.69) is 12.1 Å². The fraction of sp³-hybridized carbons (Fsp3) is 0.172. The van der Waals surface area contributed by atoms with Crippen molar-refractivity contribution in [2.24, 2.45) is 5.41 Å². The molecular formula is C29H20ClN3O3. The summed E-state index contributed by atoms with van der Waals surface area (Å²) in [5.41, 5.74) is 1.01. The molecule has 0 bridgehead atoms. The van der Waals surface area contributed by atoms with Crippen LogP contribution >= 0.6 is 11.6 Å². The number of rotatable bonds is 4. The van der Waals surface area contributed by atoms with Gasteiger partial charge >= 0.3 is 5.97 Å². The summed E-state index contributed by atoms with van der Waals surface area (Å²) in [5.74, 6) is -1.03. The Kier molecular flexibility index (Phi) is 5.84. The van der Waals surface area contributed by atoms with Crippen molar-refractivity contribution in [3.8, 4) is 17.9 Å². The second-order valence-corrected chi connectivity index (χ2v) is 9.26. The third-order valence-electron chi connectivity index (χ3n) is 6.80. The molecule has 0 unspecified atom stereocenters. The van der Waals surface area contributed by atoms with Crippen molar-refractivity contribution in [3.63, 3.8) is 0 Å². The van der Waals surface area contributed by atoms with Crippen LogP contribution in [0, 0.1) is 28.1 Å². The number of anilines is 1. The Labute approximate surface area is 213 Å². The van der Waals surface area contributed by atoms with Crippen molar-refractivity contribution < 1.29 is 14.3 Å². The normalized spacial score (nSPS) is 21.0. The molecule has 1 fully saturated rings. The average Bonchev–Trinajstić information content (AvgIpc) is 3.19. The van der Waals surface area contributed by atoms with Crippen LogP contribution in [0.25, 0.3) is 6.08 Å². The lowest BCUT2D eigenvalue weighted by Crippen LogP contribution is -2.44. The summed E-state index contributed by atoms with van der Waals surface area (Å²) in [7, 11) is 0. The Bertz CT molecular complexity index is 1450. The smallest absolute Gasteiger partial charge is 0.308 e. The van der Waals surface area contributed by atoms with Gasteiger partial charge < -0.3 is 9.64 Å². The van der Waals surface area contributed by atoms with E-state index in [1.807, 2.05) is 11.0 Å². The monoisotopic (exact) mass is 493 g/mol. The molecule has 0 radical (unpaired) electrons. The second-order valence-electron chi connectivity index (χ2n) is 8.82. The Morgan fingerprint density at radius 2 is 1.69 bits per heavy atom. The van der Waals surface area contributed by atoms with Crippen molar-refractivity contribution >= 4 is 35.1 Å². The maximum absolute atomic E-state index is 14.1. The first-order valence-electron chi connectivity index (χ1n) is 11.4. The fourth-order valence-electron chi connectivity index (χ4n) is 5.32. The van der Waals surface area contributed by atoms with E-state index in [4.69, 9.17) is 16.3 Å². The molecule has 0 N–H and O–H groups in total. The Morgan fingerprint density at radius 1 is 1.00 bits per heavy atom. The van der Waals surface area contributed by atoms with E-state index in [1.54, 1.807) is 78.9 Å². The number of esters is 1. The number of fused-ring (bicyclic) bond motifs is 3. The molecule has 1 saturated heterocycles.